The lowest BCUT2D eigenvalue weighted by molar-refractivity contribution is -0.116. The zero-order chi connectivity index (χ0) is 14.7. The second kappa shape index (κ2) is 5.79. The average molecular weight is 279 g/mol. The van der Waals surface area contributed by atoms with Crippen LogP contribution in [0.25, 0.3) is 11.0 Å². The number of rotatable bonds is 4. The summed E-state index contributed by atoms with van der Waals surface area (Å²) in [6.07, 6.45) is 1.18. The highest BCUT2D eigenvalue weighted by Crippen LogP contribution is 2.14. The Kier molecular flexibility index (Phi) is 3.69. The molecule has 0 aliphatic heterocycles. The predicted molar refractivity (Wildman–Crippen MR) is 84.2 cm³/mol. The molecule has 0 aliphatic carbocycles. The van der Waals surface area contributed by atoms with Gasteiger partial charge in [-0.05, 0) is 36.6 Å². The summed E-state index contributed by atoms with van der Waals surface area (Å²) in [6, 6.07) is 15.8. The van der Waals surface area contributed by atoms with Gasteiger partial charge in [0.15, 0.2) is 0 Å². The Morgan fingerprint density at radius 3 is 2.71 bits per heavy atom. The summed E-state index contributed by atoms with van der Waals surface area (Å²) in [5.74, 6) is 0.475. The van der Waals surface area contributed by atoms with Crippen LogP contribution in [-0.2, 0) is 11.2 Å². The number of para-hydroxylation sites is 2. The van der Waals surface area contributed by atoms with Gasteiger partial charge in [0.2, 0.25) is 11.9 Å². The van der Waals surface area contributed by atoms with Gasteiger partial charge in [-0.2, -0.15) is 0 Å². The fourth-order valence-electron chi connectivity index (χ4n) is 2.35. The van der Waals surface area contributed by atoms with Crippen LogP contribution in [0, 0.1) is 6.92 Å². The van der Waals surface area contributed by atoms with Crippen LogP contribution in [-0.4, -0.2) is 15.9 Å². The fourth-order valence-corrected chi connectivity index (χ4v) is 2.35. The molecule has 3 rings (SSSR count). The second-order valence-corrected chi connectivity index (χ2v) is 5.08. The first-order chi connectivity index (χ1) is 10.2. The molecule has 0 saturated heterocycles. The van der Waals surface area contributed by atoms with Crippen molar-refractivity contribution in [2.24, 2.45) is 0 Å². The molecule has 0 unspecified atom stereocenters. The molecule has 4 nitrogen and oxygen atoms in total. The molecule has 0 saturated carbocycles. The number of hydrogen-bond donors (Lipinski definition) is 2. The number of aromatic amines is 1. The Morgan fingerprint density at radius 1 is 1.14 bits per heavy atom. The standard InChI is InChI=1S/C17H17N3O/c1-12-6-2-3-7-13(12)10-11-16(21)20-17-18-14-8-4-5-9-15(14)19-17/h2-9H,10-11H2,1H3,(H2,18,19,20,21). The SMILES string of the molecule is Cc1ccccc1CCC(=O)Nc1nc2ccccc2[nH]1. The summed E-state index contributed by atoms with van der Waals surface area (Å²) in [6.45, 7) is 2.06. The number of aromatic nitrogens is 2. The Balaban J connectivity index is 1.62. The first kappa shape index (κ1) is 13.4. The molecule has 0 bridgehead atoms. The lowest BCUT2D eigenvalue weighted by Gasteiger charge is -2.05. The molecule has 2 aromatic carbocycles. The first-order valence-corrected chi connectivity index (χ1v) is 7.01. The predicted octanol–water partition coefficient (Wildman–Crippen LogP) is 3.44. The van der Waals surface area contributed by atoms with Gasteiger partial charge in [0.1, 0.15) is 0 Å². The third kappa shape index (κ3) is 3.11. The molecule has 2 N–H and O–H groups in total. The summed E-state index contributed by atoms with van der Waals surface area (Å²) < 4.78 is 0. The topological polar surface area (TPSA) is 57.8 Å². The van der Waals surface area contributed by atoms with Gasteiger partial charge in [-0.25, -0.2) is 4.98 Å². The normalized spacial score (nSPS) is 10.7. The maximum absolute atomic E-state index is 12.0. The maximum atomic E-state index is 12.0. The maximum Gasteiger partial charge on any atom is 0.227 e. The molecule has 0 spiro atoms. The number of benzene rings is 2. The van der Waals surface area contributed by atoms with Gasteiger partial charge in [-0.15, -0.1) is 0 Å². The Morgan fingerprint density at radius 2 is 1.90 bits per heavy atom. The second-order valence-electron chi connectivity index (χ2n) is 5.08. The van der Waals surface area contributed by atoms with Crippen LogP contribution in [0.5, 0.6) is 0 Å². The zero-order valence-electron chi connectivity index (χ0n) is 11.9. The summed E-state index contributed by atoms with van der Waals surface area (Å²) in [4.78, 5) is 19.4. The van der Waals surface area contributed by atoms with Crippen molar-refractivity contribution in [3.8, 4) is 0 Å². The fraction of sp³-hybridized carbons (Fsp3) is 0.176. The van der Waals surface area contributed by atoms with E-state index in [1.807, 2.05) is 36.4 Å². The van der Waals surface area contributed by atoms with Gasteiger partial charge in [-0.1, -0.05) is 36.4 Å². The van der Waals surface area contributed by atoms with E-state index in [-0.39, 0.29) is 5.91 Å². The van der Waals surface area contributed by atoms with E-state index >= 15 is 0 Å². The Hall–Kier alpha value is -2.62. The molecule has 21 heavy (non-hydrogen) atoms. The molecule has 0 radical (unpaired) electrons. The van der Waals surface area contributed by atoms with Crippen molar-refractivity contribution in [2.45, 2.75) is 19.8 Å². The highest BCUT2D eigenvalue weighted by atomic mass is 16.1. The number of nitrogens with zero attached hydrogens (tertiary/aromatic N) is 1. The number of H-pyrrole nitrogens is 1. The third-order valence-corrected chi connectivity index (χ3v) is 3.53. The molecule has 1 amide bonds. The van der Waals surface area contributed by atoms with Gasteiger partial charge in [0.05, 0.1) is 11.0 Å². The number of imidazole rings is 1. The number of aryl methyl sites for hydroxylation is 2. The number of anilines is 1. The largest absolute Gasteiger partial charge is 0.324 e. The van der Waals surface area contributed by atoms with Crippen molar-refractivity contribution < 1.29 is 4.79 Å². The van der Waals surface area contributed by atoms with Gasteiger partial charge in [-0.3, -0.25) is 10.1 Å². The van der Waals surface area contributed by atoms with Crippen molar-refractivity contribution >= 4 is 22.9 Å². The molecule has 4 heteroatoms. The highest BCUT2D eigenvalue weighted by molar-refractivity contribution is 5.91. The molecule has 0 fully saturated rings. The van der Waals surface area contributed by atoms with Crippen molar-refractivity contribution in [1.82, 2.24) is 9.97 Å². The quantitative estimate of drug-likeness (QED) is 0.768. The number of hydrogen-bond acceptors (Lipinski definition) is 2. The van der Waals surface area contributed by atoms with E-state index in [4.69, 9.17) is 0 Å². The van der Waals surface area contributed by atoms with E-state index in [1.54, 1.807) is 0 Å². The minimum atomic E-state index is -0.0303. The average Bonchev–Trinajstić information content (AvgIpc) is 2.88. The van der Waals surface area contributed by atoms with E-state index in [9.17, 15) is 4.79 Å². The van der Waals surface area contributed by atoms with Crippen molar-refractivity contribution in [3.63, 3.8) is 0 Å². The number of nitrogens with one attached hydrogen (secondary N) is 2. The van der Waals surface area contributed by atoms with Crippen LogP contribution in [0.2, 0.25) is 0 Å². The van der Waals surface area contributed by atoms with E-state index in [0.717, 1.165) is 17.5 Å². The van der Waals surface area contributed by atoms with Crippen LogP contribution in [0.3, 0.4) is 0 Å². The zero-order valence-corrected chi connectivity index (χ0v) is 11.9. The van der Waals surface area contributed by atoms with Crippen LogP contribution in [0.15, 0.2) is 48.5 Å². The smallest absolute Gasteiger partial charge is 0.227 e. The molecular weight excluding hydrogens is 262 g/mol. The van der Waals surface area contributed by atoms with Crippen molar-refractivity contribution in [1.29, 1.82) is 0 Å². The summed E-state index contributed by atoms with van der Waals surface area (Å²) in [5.41, 5.74) is 4.20. The van der Waals surface area contributed by atoms with Crippen LogP contribution >= 0.6 is 0 Å². The van der Waals surface area contributed by atoms with E-state index in [0.29, 0.717) is 12.4 Å². The van der Waals surface area contributed by atoms with Crippen molar-refractivity contribution in [3.05, 3.63) is 59.7 Å². The molecule has 0 atom stereocenters. The summed E-state index contributed by atoms with van der Waals surface area (Å²) in [5, 5.41) is 2.82. The molecule has 1 aromatic heterocycles. The van der Waals surface area contributed by atoms with E-state index < -0.39 is 0 Å². The van der Waals surface area contributed by atoms with Crippen LogP contribution < -0.4 is 5.32 Å². The lowest BCUT2D eigenvalue weighted by atomic mass is 10.0. The third-order valence-electron chi connectivity index (χ3n) is 3.53. The van der Waals surface area contributed by atoms with E-state index in [1.165, 1.54) is 11.1 Å². The van der Waals surface area contributed by atoms with Gasteiger partial charge in [0.25, 0.3) is 0 Å². The Labute approximate surface area is 123 Å². The first-order valence-electron chi connectivity index (χ1n) is 7.01. The number of amides is 1. The monoisotopic (exact) mass is 279 g/mol. The Bertz CT molecular complexity index is 743. The lowest BCUT2D eigenvalue weighted by Crippen LogP contribution is -2.13. The molecule has 3 aromatic rings. The minimum Gasteiger partial charge on any atom is -0.324 e. The van der Waals surface area contributed by atoms with Gasteiger partial charge < -0.3 is 4.98 Å². The minimum absolute atomic E-state index is 0.0303. The van der Waals surface area contributed by atoms with Gasteiger partial charge >= 0.3 is 0 Å². The highest BCUT2D eigenvalue weighted by Gasteiger charge is 2.07. The molecular formula is C17H17N3O. The number of carbonyl (C=O) groups excluding carboxylic acids is 1. The van der Waals surface area contributed by atoms with Crippen LogP contribution in [0.1, 0.15) is 17.5 Å². The summed E-state index contributed by atoms with van der Waals surface area (Å²) in [7, 11) is 0. The number of carbonyl (C=O) groups is 1. The molecule has 1 heterocycles. The van der Waals surface area contributed by atoms with Gasteiger partial charge in [0, 0.05) is 6.42 Å². The van der Waals surface area contributed by atoms with Crippen LogP contribution in [0.4, 0.5) is 5.95 Å². The van der Waals surface area contributed by atoms with E-state index in [2.05, 4.69) is 34.3 Å². The van der Waals surface area contributed by atoms with Crippen molar-refractivity contribution in [2.75, 3.05) is 5.32 Å². The number of fused-ring (bicyclic) bond motifs is 1. The molecule has 106 valence electrons. The summed E-state index contributed by atoms with van der Waals surface area (Å²) >= 11 is 0. The molecule has 0 aliphatic rings.